The highest BCUT2D eigenvalue weighted by Crippen LogP contribution is 2.26. The number of anilines is 2. The highest BCUT2D eigenvalue weighted by molar-refractivity contribution is 8.18. The van der Waals surface area contributed by atoms with Gasteiger partial charge < -0.3 is 10.3 Å². The second-order valence-corrected chi connectivity index (χ2v) is 9.06. The molecule has 31 heavy (non-hydrogen) atoms. The van der Waals surface area contributed by atoms with Crippen LogP contribution in [0.2, 0.25) is 0 Å². The zero-order valence-corrected chi connectivity index (χ0v) is 18.5. The monoisotopic (exact) mass is 437 g/mol. The summed E-state index contributed by atoms with van der Waals surface area (Å²) in [4.78, 5) is 45.3. The molecule has 1 aromatic carbocycles. The summed E-state index contributed by atoms with van der Waals surface area (Å²) in [5, 5.41) is 4.94. The quantitative estimate of drug-likeness (QED) is 0.401. The van der Waals surface area contributed by atoms with Crippen molar-refractivity contribution in [2.75, 3.05) is 5.32 Å². The number of aryl methyl sites for hydroxylation is 1. The number of Topliss-reactive ketones (excluding diaryl/α,β-unsaturated/α-hetero) is 1. The Morgan fingerprint density at radius 3 is 2.35 bits per heavy atom. The highest BCUT2D eigenvalue weighted by Gasteiger charge is 2.26. The normalized spacial score (nSPS) is 13.6. The van der Waals surface area contributed by atoms with Crippen molar-refractivity contribution in [1.82, 2.24) is 20.3 Å². The Labute approximate surface area is 183 Å². The van der Waals surface area contributed by atoms with E-state index in [-0.39, 0.29) is 21.8 Å². The summed E-state index contributed by atoms with van der Waals surface area (Å²) in [5.74, 6) is 0.287. The molecule has 2 amide bonds. The largest absolute Gasteiger partial charge is 0.344 e. The SMILES string of the molecule is C=C1SC(=O)NC1=O.Cc1ccc(Nc2cnc3[nH]cc(C(=O)C(C)(C)C)c3n2)cc1. The zero-order chi connectivity index (χ0) is 22.8. The van der Waals surface area contributed by atoms with Crippen molar-refractivity contribution in [2.24, 2.45) is 5.41 Å². The Bertz CT molecular complexity index is 1160. The molecule has 3 aromatic rings. The molecular weight excluding hydrogens is 414 g/mol. The average Bonchev–Trinajstić information content (AvgIpc) is 3.24. The van der Waals surface area contributed by atoms with Crippen molar-refractivity contribution in [1.29, 1.82) is 0 Å². The van der Waals surface area contributed by atoms with Gasteiger partial charge in [0.2, 0.25) is 0 Å². The first-order valence-electron chi connectivity index (χ1n) is 9.49. The number of nitrogens with zero attached hydrogens (tertiary/aromatic N) is 2. The molecule has 3 N–H and O–H groups in total. The van der Waals surface area contributed by atoms with Crippen molar-refractivity contribution in [3.63, 3.8) is 0 Å². The highest BCUT2D eigenvalue weighted by atomic mass is 32.2. The maximum absolute atomic E-state index is 12.5. The molecule has 0 atom stereocenters. The summed E-state index contributed by atoms with van der Waals surface area (Å²) in [6, 6.07) is 8.03. The minimum Gasteiger partial charge on any atom is -0.344 e. The topological polar surface area (TPSA) is 117 Å². The number of hydrogen-bond acceptors (Lipinski definition) is 7. The van der Waals surface area contributed by atoms with E-state index in [1.54, 1.807) is 12.4 Å². The Morgan fingerprint density at radius 2 is 1.84 bits per heavy atom. The maximum atomic E-state index is 12.5. The Morgan fingerprint density at radius 1 is 1.16 bits per heavy atom. The molecule has 3 heterocycles. The lowest BCUT2D eigenvalue weighted by atomic mass is 9.87. The summed E-state index contributed by atoms with van der Waals surface area (Å²) < 4.78 is 0. The minimum absolute atomic E-state index is 0.0468. The van der Waals surface area contributed by atoms with Crippen LogP contribution in [0.1, 0.15) is 36.7 Å². The summed E-state index contributed by atoms with van der Waals surface area (Å²) in [7, 11) is 0. The van der Waals surface area contributed by atoms with E-state index in [4.69, 9.17) is 0 Å². The number of carbonyl (C=O) groups is 3. The van der Waals surface area contributed by atoms with Crippen LogP contribution in [0.15, 0.2) is 48.1 Å². The number of carbonyl (C=O) groups excluding carboxylic acids is 3. The van der Waals surface area contributed by atoms with Crippen molar-refractivity contribution < 1.29 is 14.4 Å². The van der Waals surface area contributed by atoms with E-state index >= 15 is 0 Å². The van der Waals surface area contributed by atoms with Gasteiger partial charge in [0.1, 0.15) is 11.3 Å². The third-order valence-electron chi connectivity index (χ3n) is 4.32. The first-order chi connectivity index (χ1) is 14.5. The molecular formula is C22H23N5O3S. The molecule has 8 nitrogen and oxygen atoms in total. The molecule has 160 valence electrons. The van der Waals surface area contributed by atoms with Crippen LogP contribution in [0.3, 0.4) is 0 Å². The van der Waals surface area contributed by atoms with Crippen LogP contribution in [0.25, 0.3) is 11.2 Å². The van der Waals surface area contributed by atoms with E-state index in [1.807, 2.05) is 52.0 Å². The van der Waals surface area contributed by atoms with Crippen LogP contribution in [0.4, 0.5) is 16.3 Å². The predicted octanol–water partition coefficient (Wildman–Crippen LogP) is 4.72. The molecule has 0 unspecified atom stereocenters. The summed E-state index contributed by atoms with van der Waals surface area (Å²) in [6.45, 7) is 11.1. The van der Waals surface area contributed by atoms with Crippen LogP contribution in [-0.4, -0.2) is 31.9 Å². The second kappa shape index (κ2) is 8.73. The van der Waals surface area contributed by atoms with Crippen LogP contribution >= 0.6 is 11.8 Å². The molecule has 0 saturated carbocycles. The van der Waals surface area contributed by atoms with Crippen LogP contribution in [0, 0.1) is 12.3 Å². The van der Waals surface area contributed by atoms with Gasteiger partial charge in [0.05, 0.1) is 16.7 Å². The molecule has 1 aliphatic rings. The fourth-order valence-corrected chi connectivity index (χ4v) is 3.17. The van der Waals surface area contributed by atoms with Crippen molar-refractivity contribution in [2.45, 2.75) is 27.7 Å². The van der Waals surface area contributed by atoms with E-state index in [0.717, 1.165) is 17.4 Å². The lowest BCUT2D eigenvalue weighted by Gasteiger charge is -2.15. The lowest BCUT2D eigenvalue weighted by Crippen LogP contribution is -2.20. The van der Waals surface area contributed by atoms with Crippen LogP contribution in [0.5, 0.6) is 0 Å². The van der Waals surface area contributed by atoms with E-state index in [0.29, 0.717) is 22.5 Å². The van der Waals surface area contributed by atoms with Crippen molar-refractivity contribution in [3.8, 4) is 0 Å². The molecule has 0 radical (unpaired) electrons. The predicted molar refractivity (Wildman–Crippen MR) is 122 cm³/mol. The van der Waals surface area contributed by atoms with Crippen LogP contribution in [-0.2, 0) is 4.79 Å². The Balaban J connectivity index is 0.000000287. The number of ketones is 1. The third-order valence-corrected chi connectivity index (χ3v) is 5.03. The molecule has 1 fully saturated rings. The van der Waals surface area contributed by atoms with E-state index in [1.165, 1.54) is 5.56 Å². The summed E-state index contributed by atoms with van der Waals surface area (Å²) in [6.07, 6.45) is 3.35. The van der Waals surface area contributed by atoms with Crippen molar-refractivity contribution >= 4 is 51.4 Å². The van der Waals surface area contributed by atoms with E-state index in [2.05, 4.69) is 32.2 Å². The first-order valence-corrected chi connectivity index (χ1v) is 10.3. The number of thioether (sulfide) groups is 1. The number of H-pyrrole nitrogens is 1. The standard InChI is InChI=1S/C18H20N4O.C4H3NO2S/c1-11-5-7-12(8-6-11)21-14-10-20-17-15(22-14)13(9-19-17)16(23)18(2,3)4;1-2-3(6)5-4(7)8-2/h5-10H,1-4H3,(H,19,20)(H,21,22);1H2,(H,5,6,7). The van der Waals surface area contributed by atoms with Gasteiger partial charge >= 0.3 is 0 Å². The van der Waals surface area contributed by atoms with Crippen LogP contribution < -0.4 is 10.6 Å². The van der Waals surface area contributed by atoms with Gasteiger partial charge in [0, 0.05) is 17.3 Å². The summed E-state index contributed by atoms with van der Waals surface area (Å²) in [5.41, 5.74) is 3.46. The smallest absolute Gasteiger partial charge is 0.290 e. The molecule has 2 aromatic heterocycles. The number of nitrogens with one attached hydrogen (secondary N) is 3. The number of amides is 2. The van der Waals surface area contributed by atoms with E-state index < -0.39 is 5.41 Å². The van der Waals surface area contributed by atoms with Crippen molar-refractivity contribution in [3.05, 3.63) is 59.3 Å². The molecule has 9 heteroatoms. The average molecular weight is 438 g/mol. The van der Waals surface area contributed by atoms with Gasteiger partial charge in [0.25, 0.3) is 11.1 Å². The fraction of sp³-hybridized carbons (Fsp3) is 0.227. The molecule has 1 saturated heterocycles. The zero-order valence-electron chi connectivity index (χ0n) is 17.7. The van der Waals surface area contributed by atoms with Gasteiger partial charge in [-0.15, -0.1) is 0 Å². The third kappa shape index (κ3) is 5.37. The number of rotatable bonds is 3. The van der Waals surface area contributed by atoms with Gasteiger partial charge in [-0.3, -0.25) is 19.7 Å². The minimum atomic E-state index is -0.461. The van der Waals surface area contributed by atoms with Gasteiger partial charge in [-0.1, -0.05) is 45.0 Å². The Kier molecular flexibility index (Phi) is 6.26. The maximum Gasteiger partial charge on any atom is 0.290 e. The molecule has 0 spiro atoms. The number of aromatic nitrogens is 3. The Hall–Kier alpha value is -3.46. The van der Waals surface area contributed by atoms with Gasteiger partial charge in [-0.05, 0) is 30.8 Å². The number of benzene rings is 1. The lowest BCUT2D eigenvalue weighted by molar-refractivity contribution is -0.115. The van der Waals surface area contributed by atoms with E-state index in [9.17, 15) is 14.4 Å². The molecule has 4 rings (SSSR count). The number of fused-ring (bicyclic) bond motifs is 1. The second-order valence-electron chi connectivity index (χ2n) is 7.99. The van der Waals surface area contributed by atoms with Gasteiger partial charge in [-0.2, -0.15) is 0 Å². The molecule has 0 aliphatic carbocycles. The van der Waals surface area contributed by atoms with Gasteiger partial charge in [0.15, 0.2) is 11.4 Å². The van der Waals surface area contributed by atoms with Gasteiger partial charge in [-0.25, -0.2) is 9.97 Å². The first kappa shape index (κ1) is 22.2. The molecule has 0 bridgehead atoms. The summed E-state index contributed by atoms with van der Waals surface area (Å²) >= 11 is 0.834. The molecule has 1 aliphatic heterocycles. The number of aromatic amines is 1. The fourth-order valence-electron chi connectivity index (χ4n) is 2.66. The number of hydrogen-bond donors (Lipinski definition) is 3. The number of imide groups is 1.